The summed E-state index contributed by atoms with van der Waals surface area (Å²) in [5.74, 6) is -0.107. The van der Waals surface area contributed by atoms with Crippen molar-refractivity contribution in [1.29, 1.82) is 0 Å². The van der Waals surface area contributed by atoms with Crippen LogP contribution in [-0.2, 0) is 11.3 Å². The van der Waals surface area contributed by atoms with Crippen molar-refractivity contribution >= 4 is 29.4 Å². The molecule has 0 spiro atoms. The van der Waals surface area contributed by atoms with Crippen LogP contribution in [0.25, 0.3) is 0 Å². The van der Waals surface area contributed by atoms with E-state index in [1.165, 1.54) is 23.3 Å². The van der Waals surface area contributed by atoms with Gasteiger partial charge in [-0.1, -0.05) is 11.6 Å². The molecule has 2 heterocycles. The fourth-order valence-electron chi connectivity index (χ4n) is 1.09. The first-order valence-electron chi connectivity index (χ1n) is 4.57. The van der Waals surface area contributed by atoms with E-state index in [0.29, 0.717) is 0 Å². The highest BCUT2D eigenvalue weighted by atomic mass is 35.5. The van der Waals surface area contributed by atoms with Gasteiger partial charge in [0.25, 0.3) is 0 Å². The summed E-state index contributed by atoms with van der Waals surface area (Å²) in [5.41, 5.74) is 5.31. The topological polar surface area (TPSA) is 112 Å². The average molecular weight is 254 g/mol. The van der Waals surface area contributed by atoms with Crippen molar-refractivity contribution in [3.05, 3.63) is 23.7 Å². The number of aromatic nitrogens is 5. The van der Waals surface area contributed by atoms with Crippen LogP contribution in [0.4, 0.5) is 11.9 Å². The quantitative estimate of drug-likeness (QED) is 0.742. The van der Waals surface area contributed by atoms with E-state index in [-0.39, 0.29) is 29.5 Å². The fourth-order valence-corrected chi connectivity index (χ4v) is 1.23. The lowest BCUT2D eigenvalue weighted by Crippen LogP contribution is -2.20. The van der Waals surface area contributed by atoms with E-state index in [9.17, 15) is 4.79 Å². The standard InChI is InChI=1S/C8H8ClN7O/c9-5-1-2-11-8(13-5)14-6(17)3-16-4-12-7(10)15-16/h1-2,4H,3H2,(H2,10,15)(H,11,13,14,17). The summed E-state index contributed by atoms with van der Waals surface area (Å²) in [6.45, 7) is -0.0277. The number of halogens is 1. The number of carbonyl (C=O) groups is 1. The number of rotatable bonds is 3. The largest absolute Gasteiger partial charge is 0.367 e. The van der Waals surface area contributed by atoms with E-state index in [0.717, 1.165) is 0 Å². The minimum atomic E-state index is -0.350. The Labute approximate surface area is 101 Å². The number of carbonyl (C=O) groups excluding carboxylic acids is 1. The van der Waals surface area contributed by atoms with E-state index in [2.05, 4.69) is 25.4 Å². The van der Waals surface area contributed by atoms with Gasteiger partial charge in [0.2, 0.25) is 17.8 Å². The van der Waals surface area contributed by atoms with Crippen LogP contribution in [0.5, 0.6) is 0 Å². The van der Waals surface area contributed by atoms with Crippen LogP contribution in [0.15, 0.2) is 18.6 Å². The van der Waals surface area contributed by atoms with Crippen LogP contribution in [0.2, 0.25) is 5.15 Å². The summed E-state index contributed by atoms with van der Waals surface area (Å²) in [5, 5.41) is 6.48. The molecule has 0 fully saturated rings. The van der Waals surface area contributed by atoms with Gasteiger partial charge < -0.3 is 5.73 Å². The lowest BCUT2D eigenvalue weighted by atomic mass is 10.6. The van der Waals surface area contributed by atoms with Crippen molar-refractivity contribution in [2.75, 3.05) is 11.1 Å². The van der Waals surface area contributed by atoms with Gasteiger partial charge in [0.05, 0.1) is 0 Å². The van der Waals surface area contributed by atoms with Crippen molar-refractivity contribution in [1.82, 2.24) is 24.7 Å². The van der Waals surface area contributed by atoms with Gasteiger partial charge in [-0.25, -0.2) is 19.6 Å². The van der Waals surface area contributed by atoms with Crippen LogP contribution in [0.3, 0.4) is 0 Å². The minimum Gasteiger partial charge on any atom is -0.367 e. The lowest BCUT2D eigenvalue weighted by Gasteiger charge is -2.02. The summed E-state index contributed by atoms with van der Waals surface area (Å²) in [7, 11) is 0. The van der Waals surface area contributed by atoms with Crippen LogP contribution in [-0.4, -0.2) is 30.6 Å². The number of hydrogen-bond donors (Lipinski definition) is 2. The summed E-state index contributed by atoms with van der Waals surface area (Å²) >= 11 is 5.65. The maximum Gasteiger partial charge on any atom is 0.248 e. The molecule has 0 unspecified atom stereocenters. The zero-order valence-electron chi connectivity index (χ0n) is 8.54. The molecule has 0 aliphatic carbocycles. The average Bonchev–Trinajstić information content (AvgIpc) is 2.63. The maximum atomic E-state index is 11.5. The molecule has 2 aromatic rings. The Bertz CT molecular complexity index is 540. The molecule has 9 heteroatoms. The van der Waals surface area contributed by atoms with Gasteiger partial charge >= 0.3 is 0 Å². The van der Waals surface area contributed by atoms with Gasteiger partial charge in [0.15, 0.2) is 0 Å². The molecule has 0 saturated carbocycles. The van der Waals surface area contributed by atoms with Crippen molar-refractivity contribution in [2.24, 2.45) is 0 Å². The monoisotopic (exact) mass is 253 g/mol. The first kappa shape index (κ1) is 11.3. The van der Waals surface area contributed by atoms with E-state index in [1.54, 1.807) is 0 Å². The summed E-state index contributed by atoms with van der Waals surface area (Å²) in [4.78, 5) is 22.9. The fraction of sp³-hybridized carbons (Fsp3) is 0.125. The molecule has 1 amide bonds. The third kappa shape index (κ3) is 3.11. The molecular formula is C8H8ClN7O. The molecule has 0 aliphatic rings. The number of nitrogens with zero attached hydrogens (tertiary/aromatic N) is 5. The molecule has 2 aromatic heterocycles. The lowest BCUT2D eigenvalue weighted by molar-refractivity contribution is -0.116. The number of amides is 1. The number of hydrogen-bond acceptors (Lipinski definition) is 6. The van der Waals surface area contributed by atoms with E-state index in [1.807, 2.05) is 0 Å². The van der Waals surface area contributed by atoms with Gasteiger partial charge in [-0.2, -0.15) is 0 Å². The Morgan fingerprint density at radius 2 is 2.35 bits per heavy atom. The molecule has 0 bridgehead atoms. The van der Waals surface area contributed by atoms with E-state index in [4.69, 9.17) is 17.3 Å². The summed E-state index contributed by atoms with van der Waals surface area (Å²) < 4.78 is 1.30. The van der Waals surface area contributed by atoms with Crippen molar-refractivity contribution in [3.8, 4) is 0 Å². The van der Waals surface area contributed by atoms with E-state index >= 15 is 0 Å². The van der Waals surface area contributed by atoms with Crippen LogP contribution in [0, 0.1) is 0 Å². The third-order valence-electron chi connectivity index (χ3n) is 1.73. The zero-order chi connectivity index (χ0) is 12.3. The van der Waals surface area contributed by atoms with Gasteiger partial charge in [0, 0.05) is 6.20 Å². The Balaban J connectivity index is 1.98. The second kappa shape index (κ2) is 4.74. The maximum absolute atomic E-state index is 11.5. The van der Waals surface area contributed by atoms with Crippen molar-refractivity contribution in [3.63, 3.8) is 0 Å². The number of anilines is 2. The smallest absolute Gasteiger partial charge is 0.248 e. The Morgan fingerprint density at radius 3 is 3.00 bits per heavy atom. The molecule has 0 aliphatic heterocycles. The normalized spacial score (nSPS) is 10.2. The Morgan fingerprint density at radius 1 is 1.53 bits per heavy atom. The summed E-state index contributed by atoms with van der Waals surface area (Å²) in [6.07, 6.45) is 2.80. The molecule has 0 saturated heterocycles. The molecule has 0 atom stereocenters. The Hall–Kier alpha value is -2.22. The number of nitrogens with one attached hydrogen (secondary N) is 1. The predicted octanol–water partition coefficient (Wildman–Crippen LogP) is -0.0576. The zero-order valence-corrected chi connectivity index (χ0v) is 9.29. The van der Waals surface area contributed by atoms with Crippen molar-refractivity contribution < 1.29 is 4.79 Å². The van der Waals surface area contributed by atoms with Gasteiger partial charge in [-0.15, -0.1) is 5.10 Å². The summed E-state index contributed by atoms with van der Waals surface area (Å²) in [6, 6.07) is 1.51. The molecule has 17 heavy (non-hydrogen) atoms. The molecule has 88 valence electrons. The molecule has 3 N–H and O–H groups in total. The minimum absolute atomic E-state index is 0.0277. The SMILES string of the molecule is Nc1ncn(CC(=O)Nc2nccc(Cl)n2)n1. The molecule has 0 aromatic carbocycles. The molecule has 0 radical (unpaired) electrons. The van der Waals surface area contributed by atoms with Crippen LogP contribution >= 0.6 is 11.6 Å². The highest BCUT2D eigenvalue weighted by molar-refractivity contribution is 6.29. The first-order valence-corrected chi connectivity index (χ1v) is 4.94. The number of nitrogen functional groups attached to an aromatic ring is 1. The second-order valence-electron chi connectivity index (χ2n) is 3.05. The number of nitrogens with two attached hydrogens (primary N) is 1. The van der Waals surface area contributed by atoms with Gasteiger partial charge in [-0.3, -0.25) is 10.1 Å². The van der Waals surface area contributed by atoms with Gasteiger partial charge in [0.1, 0.15) is 18.0 Å². The third-order valence-corrected chi connectivity index (χ3v) is 1.94. The Kier molecular flexibility index (Phi) is 3.15. The molecule has 2 rings (SSSR count). The van der Waals surface area contributed by atoms with Crippen LogP contribution in [0.1, 0.15) is 0 Å². The molecular weight excluding hydrogens is 246 g/mol. The molecule has 8 nitrogen and oxygen atoms in total. The highest BCUT2D eigenvalue weighted by Gasteiger charge is 2.07. The van der Waals surface area contributed by atoms with Crippen molar-refractivity contribution in [2.45, 2.75) is 6.54 Å². The predicted molar refractivity (Wildman–Crippen MR) is 60.1 cm³/mol. The van der Waals surface area contributed by atoms with Gasteiger partial charge in [-0.05, 0) is 6.07 Å². The van der Waals surface area contributed by atoms with Crippen LogP contribution < -0.4 is 11.1 Å². The second-order valence-corrected chi connectivity index (χ2v) is 3.44. The first-order chi connectivity index (χ1) is 8.13. The highest BCUT2D eigenvalue weighted by Crippen LogP contribution is 2.05. The van der Waals surface area contributed by atoms with E-state index < -0.39 is 0 Å².